The Balaban J connectivity index is 0.000000171. The molecular formula is C106H94BrCl2N9O12S6. The number of aromatic hydroxyl groups is 3. The van der Waals surface area contributed by atoms with Gasteiger partial charge in [-0.3, -0.25) is 68.1 Å². The van der Waals surface area contributed by atoms with E-state index >= 15 is 0 Å². The van der Waals surface area contributed by atoms with E-state index in [4.69, 9.17) is 28.6 Å². The third kappa shape index (κ3) is 28.7. The summed E-state index contributed by atoms with van der Waals surface area (Å²) in [6, 6.07) is 69.4. The number of pyridine rings is 3. The smallest absolute Gasteiger partial charge is 0.251 e. The van der Waals surface area contributed by atoms with E-state index < -0.39 is 0 Å². The van der Waals surface area contributed by atoms with Crippen molar-refractivity contribution in [3.8, 4) is 48.6 Å². The Kier molecular flexibility index (Phi) is 36.6. The number of aryl methyl sites for hydroxylation is 3. The summed E-state index contributed by atoms with van der Waals surface area (Å²) in [4.78, 5) is 139. The van der Waals surface area contributed by atoms with Gasteiger partial charge in [0.25, 0.3) is 17.7 Å². The molecule has 0 bridgehead atoms. The fourth-order valence-corrected chi connectivity index (χ4v) is 19.7. The lowest BCUT2D eigenvalue weighted by Crippen LogP contribution is -2.23. The number of benzene rings is 6. The number of aromatic nitrogens is 3. The van der Waals surface area contributed by atoms with Crippen LogP contribution in [-0.4, -0.2) is 113 Å². The number of hydrogen-bond acceptors (Lipinski definition) is 24. The van der Waals surface area contributed by atoms with E-state index in [0.29, 0.717) is 140 Å². The molecule has 15 rings (SSSR count). The van der Waals surface area contributed by atoms with Crippen LogP contribution in [0.2, 0.25) is 10.0 Å². The lowest BCUT2D eigenvalue weighted by Gasteiger charge is -2.19. The van der Waals surface area contributed by atoms with E-state index in [2.05, 4.69) is 89.7 Å². The van der Waals surface area contributed by atoms with Gasteiger partial charge in [0, 0.05) is 109 Å². The Morgan fingerprint density at radius 3 is 1.04 bits per heavy atom. The molecule has 0 aliphatic rings. The number of hydrogen-bond donors (Lipinski definition) is 7. The van der Waals surface area contributed by atoms with E-state index in [0.717, 1.165) is 76.0 Å². The van der Waals surface area contributed by atoms with Crippen LogP contribution in [0.5, 0.6) is 17.2 Å². The summed E-state index contributed by atoms with van der Waals surface area (Å²) in [5.41, 5.74) is 14.1. The number of carbonyl (C=O) groups is 9. The maximum absolute atomic E-state index is 12.9. The molecule has 0 aliphatic heterocycles. The van der Waals surface area contributed by atoms with Crippen LogP contribution in [0.15, 0.2) is 280 Å². The first-order valence-electron chi connectivity index (χ1n) is 42.9. The molecule has 692 valence electrons. The highest BCUT2D eigenvalue weighted by Gasteiger charge is 2.24. The highest BCUT2D eigenvalue weighted by molar-refractivity contribution is 9.10. The van der Waals surface area contributed by atoms with Crippen molar-refractivity contribution < 1.29 is 58.5 Å². The molecule has 0 saturated carbocycles. The largest absolute Gasteiger partial charge is 0.506 e. The number of ketones is 6. The van der Waals surface area contributed by atoms with Crippen molar-refractivity contribution in [2.45, 2.75) is 112 Å². The number of halogens is 3. The molecule has 0 unspecified atom stereocenters. The van der Waals surface area contributed by atoms with Gasteiger partial charge in [-0.25, -0.2) is 0 Å². The van der Waals surface area contributed by atoms with E-state index in [1.165, 1.54) is 69.2 Å². The Morgan fingerprint density at radius 2 is 0.713 bits per heavy atom. The first-order valence-corrected chi connectivity index (χ1v) is 49.5. The maximum Gasteiger partial charge on any atom is 0.251 e. The molecule has 136 heavy (non-hydrogen) atoms. The number of Topliss-reactive ketones (excluding diaryl/α,β-unsaturated/α-hetero) is 6. The molecule has 0 spiro atoms. The lowest BCUT2D eigenvalue weighted by molar-refractivity contribution is 0.0942. The maximum atomic E-state index is 12.9. The number of carbonyl (C=O) groups excluding carboxylic acids is 9. The highest BCUT2D eigenvalue weighted by Crippen LogP contribution is 2.43. The van der Waals surface area contributed by atoms with Crippen LogP contribution in [-0.2, 0) is 44.3 Å². The Hall–Kier alpha value is -13.1. The summed E-state index contributed by atoms with van der Waals surface area (Å²) >= 11 is 23.4. The summed E-state index contributed by atoms with van der Waals surface area (Å²) < 4.78 is 0.956. The summed E-state index contributed by atoms with van der Waals surface area (Å²) in [5.74, 6) is -0.625. The quantitative estimate of drug-likeness (QED) is 0.0146. The number of nitrogens with one attached hydrogen (secondary N) is 4. The van der Waals surface area contributed by atoms with Crippen molar-refractivity contribution in [2.24, 2.45) is 9.98 Å². The molecular weight excluding hydrogens is 1930 g/mol. The fourth-order valence-electron chi connectivity index (χ4n) is 13.4. The van der Waals surface area contributed by atoms with E-state index in [1.807, 2.05) is 138 Å². The summed E-state index contributed by atoms with van der Waals surface area (Å²) in [6.45, 7) is 14.1. The van der Waals surface area contributed by atoms with Crippen LogP contribution in [0, 0.1) is 5.41 Å². The summed E-state index contributed by atoms with van der Waals surface area (Å²) in [6.07, 6.45) is 7.59. The van der Waals surface area contributed by atoms with Gasteiger partial charge in [-0.05, 0) is 225 Å². The molecule has 0 radical (unpaired) electrons. The predicted molar refractivity (Wildman–Crippen MR) is 552 cm³/mol. The molecule has 9 heterocycles. The SMILES string of the molecule is CC(=N)c1csc(-c2ccc(C(C)(C)C)cc2)c1O.CC(=NCC(=O)c1ccc(C(=O)CCc2ccc(C(=O)NCc3ccccn3)cc2)s1)c1csc(-c2ccc(Br)cc2)c1O.CC(=NCC(=O)c1ccc(C(=O)CCc2ccc(C(=O)NCc3ccccn3)cc2)s1)c1csc(-c2ccc(Cl)c(Cl)c2)c1O.CC(=O)c1ccc(C(=O)CCc2ccc(C(=O)NCc3ccccn3)cc2)s1. The van der Waals surface area contributed by atoms with Gasteiger partial charge in [-0.2, -0.15) is 0 Å². The van der Waals surface area contributed by atoms with Crippen molar-refractivity contribution in [1.29, 1.82) is 5.41 Å². The zero-order valence-corrected chi connectivity index (χ0v) is 83.0. The minimum absolute atomic E-state index is 0.0229. The topological polar surface area (TPSA) is 338 Å². The Labute approximate surface area is 829 Å². The average Bonchev–Trinajstić information content (AvgIpc) is 1.19. The second-order valence-electron chi connectivity index (χ2n) is 32.1. The van der Waals surface area contributed by atoms with Crippen LogP contribution < -0.4 is 16.0 Å². The summed E-state index contributed by atoms with van der Waals surface area (Å²) in [7, 11) is 0. The van der Waals surface area contributed by atoms with Gasteiger partial charge < -0.3 is 36.7 Å². The fraction of sp³-hybridized carbons (Fsp3) is 0.179. The van der Waals surface area contributed by atoms with Crippen molar-refractivity contribution in [3.05, 3.63) is 382 Å². The molecule has 3 amide bonds. The van der Waals surface area contributed by atoms with Gasteiger partial charge in [-0.15, -0.1) is 68.0 Å². The standard InChI is InChI=1S/C34H28BrN3O4S2.C34H27Cl2N3O4S2.C22H20N2O3S.C16H19NOS/c1-21(27-20-43-33(32(27)41)23-10-12-25(35)13-11-23)37-19-29(40)31-16-15-30(44-31)28(39)14-7-22-5-8-24(9-6-22)34(42)38-18-26-4-2-3-17-36-26;1-20(25-19-44-33(32(25)42)23-10-11-26(35)27(36)16-23)38-18-29(41)31-14-13-30(45-31)28(40)12-7-21-5-8-22(9-6-21)34(43)39-17-24-4-2-3-15-37-24;1-15(25)20-11-12-21(28-20)19(26)10-7-16-5-8-17(9-6-16)22(27)24-14-18-4-2-3-13-23-18;1-10(17)13-9-19-15(14(13)18)11-5-7-12(8-6-11)16(2,3)4/h2-6,8-13,15-17,20,41H,7,14,18-19H2,1H3,(H,38,42);2-6,8-11,13-16,19,42H,7,12,17-18H2,1H3,(H,39,43);2-6,8-9,11-13H,7,10,14H2,1H3,(H,24,27);5-9,17-18H,1-4H3. The van der Waals surface area contributed by atoms with Gasteiger partial charge >= 0.3 is 0 Å². The monoisotopic (exact) mass is 2030 g/mol. The van der Waals surface area contributed by atoms with Crippen LogP contribution in [0.25, 0.3) is 31.3 Å². The molecule has 0 atom stereocenters. The average molecular weight is 2030 g/mol. The van der Waals surface area contributed by atoms with Crippen molar-refractivity contribution in [1.82, 2.24) is 30.9 Å². The van der Waals surface area contributed by atoms with Crippen LogP contribution in [0.1, 0.15) is 213 Å². The van der Waals surface area contributed by atoms with Crippen molar-refractivity contribution in [2.75, 3.05) is 13.1 Å². The molecule has 0 aliphatic carbocycles. The van der Waals surface area contributed by atoms with Gasteiger partial charge in [0.05, 0.1) is 90.7 Å². The normalized spacial score (nSPS) is 11.2. The number of aliphatic imine (C=N–C) groups is 2. The lowest BCUT2D eigenvalue weighted by atomic mass is 9.86. The van der Waals surface area contributed by atoms with Crippen LogP contribution in [0.4, 0.5) is 0 Å². The molecule has 21 nitrogen and oxygen atoms in total. The third-order valence-corrected chi connectivity index (χ3v) is 29.2. The van der Waals surface area contributed by atoms with Crippen LogP contribution in [0.3, 0.4) is 0 Å². The molecule has 0 fully saturated rings. The van der Waals surface area contributed by atoms with Gasteiger partial charge in [0.1, 0.15) is 30.3 Å². The Bertz CT molecular complexity index is 6850. The molecule has 15 aromatic rings. The minimum Gasteiger partial charge on any atom is -0.506 e. The second-order valence-corrected chi connectivity index (χ2v) is 39.8. The number of nitrogens with zero attached hydrogens (tertiary/aromatic N) is 5. The second kappa shape index (κ2) is 48.9. The van der Waals surface area contributed by atoms with Crippen LogP contribution >= 0.6 is 107 Å². The molecule has 6 aromatic carbocycles. The van der Waals surface area contributed by atoms with Crippen molar-refractivity contribution in [3.63, 3.8) is 0 Å². The van der Waals surface area contributed by atoms with Crippen molar-refractivity contribution >= 4 is 177 Å². The summed E-state index contributed by atoms with van der Waals surface area (Å²) in [5, 5.41) is 54.2. The number of amides is 3. The minimum atomic E-state index is -0.213. The first-order chi connectivity index (χ1) is 65.3. The van der Waals surface area contributed by atoms with Gasteiger partial charge in [0.15, 0.2) is 34.7 Å². The van der Waals surface area contributed by atoms with E-state index in [1.54, 1.807) is 136 Å². The third-order valence-electron chi connectivity index (χ3n) is 21.3. The zero-order valence-electron chi connectivity index (χ0n) is 75.0. The molecule has 7 N–H and O–H groups in total. The Morgan fingerprint density at radius 1 is 0.390 bits per heavy atom. The van der Waals surface area contributed by atoms with E-state index in [9.17, 15) is 58.5 Å². The highest BCUT2D eigenvalue weighted by atomic mass is 79.9. The molecule has 30 heteroatoms. The first kappa shape index (κ1) is 102. The number of thiophene rings is 6. The van der Waals surface area contributed by atoms with Gasteiger partial charge in [-0.1, -0.05) is 157 Å². The van der Waals surface area contributed by atoms with E-state index in [-0.39, 0.29) is 101 Å². The predicted octanol–water partition coefficient (Wildman–Crippen LogP) is 25.0. The number of rotatable bonds is 34. The van der Waals surface area contributed by atoms with Gasteiger partial charge in [0.2, 0.25) is 0 Å². The molecule has 0 saturated heterocycles. The zero-order chi connectivity index (χ0) is 97.1. The molecule has 9 aromatic heterocycles.